The molecule has 1 heterocycles. The highest BCUT2D eigenvalue weighted by Crippen LogP contribution is 2.25. The third-order valence-corrected chi connectivity index (χ3v) is 2.48. The highest BCUT2D eigenvalue weighted by atomic mass is 16.5. The number of benzene rings is 1. The predicted molar refractivity (Wildman–Crippen MR) is 62.6 cm³/mol. The van der Waals surface area contributed by atoms with E-state index in [-0.39, 0.29) is 0 Å². The van der Waals surface area contributed by atoms with Crippen LogP contribution in [-0.4, -0.2) is 17.2 Å². The van der Waals surface area contributed by atoms with Gasteiger partial charge in [-0.05, 0) is 36.2 Å². The van der Waals surface area contributed by atoms with E-state index in [0.29, 0.717) is 11.6 Å². The van der Waals surface area contributed by atoms with Gasteiger partial charge >= 0.3 is 0 Å². The van der Waals surface area contributed by atoms with Crippen molar-refractivity contribution in [2.45, 2.75) is 6.92 Å². The second kappa shape index (κ2) is 4.23. The van der Waals surface area contributed by atoms with E-state index in [1.54, 1.807) is 19.4 Å². The molecule has 0 saturated carbocycles. The molecule has 2 rings (SSSR count). The normalized spacial score (nSPS) is 10.1. The Kier molecular flexibility index (Phi) is 2.77. The Labute approximate surface area is 94.3 Å². The molecule has 1 aromatic carbocycles. The predicted octanol–water partition coefficient (Wildman–Crippen LogP) is 2.77. The van der Waals surface area contributed by atoms with Gasteiger partial charge in [0.15, 0.2) is 0 Å². The Morgan fingerprint density at radius 2 is 1.88 bits per heavy atom. The Morgan fingerprint density at radius 1 is 1.12 bits per heavy atom. The molecule has 0 aliphatic carbocycles. The van der Waals surface area contributed by atoms with Crippen LogP contribution < -0.4 is 4.74 Å². The lowest BCUT2D eigenvalue weighted by Crippen LogP contribution is -1.87. The van der Waals surface area contributed by atoms with E-state index < -0.39 is 0 Å². The zero-order valence-electron chi connectivity index (χ0n) is 9.27. The largest absolute Gasteiger partial charge is 0.508 e. The highest BCUT2D eigenvalue weighted by Gasteiger charge is 2.02. The minimum absolute atomic E-state index is 0.310. The number of methoxy groups -OCH3 is 1. The third kappa shape index (κ3) is 1.98. The molecule has 0 amide bonds. The van der Waals surface area contributed by atoms with Crippen molar-refractivity contribution in [3.05, 3.63) is 42.1 Å². The minimum atomic E-state index is 0.310. The summed E-state index contributed by atoms with van der Waals surface area (Å²) in [5, 5.41) is 9.44. The molecule has 82 valence electrons. The number of hydrogen-bond donors (Lipinski definition) is 1. The molecule has 3 nitrogen and oxygen atoms in total. The van der Waals surface area contributed by atoms with Crippen LogP contribution in [0.1, 0.15) is 5.56 Å². The van der Waals surface area contributed by atoms with Crippen molar-refractivity contribution < 1.29 is 9.84 Å². The van der Waals surface area contributed by atoms with Gasteiger partial charge in [-0.1, -0.05) is 6.07 Å². The van der Waals surface area contributed by atoms with Gasteiger partial charge in [-0.2, -0.15) is 0 Å². The number of pyridine rings is 1. The van der Waals surface area contributed by atoms with Gasteiger partial charge in [0.2, 0.25) is 5.88 Å². The van der Waals surface area contributed by atoms with Gasteiger partial charge in [0, 0.05) is 17.8 Å². The Bertz CT molecular complexity index is 492. The van der Waals surface area contributed by atoms with E-state index >= 15 is 0 Å². The zero-order chi connectivity index (χ0) is 11.5. The van der Waals surface area contributed by atoms with Crippen molar-refractivity contribution in [3.63, 3.8) is 0 Å². The number of hydrogen-bond acceptors (Lipinski definition) is 3. The molecule has 0 radical (unpaired) electrons. The lowest BCUT2D eigenvalue weighted by Gasteiger charge is -2.05. The van der Waals surface area contributed by atoms with Crippen LogP contribution in [0, 0.1) is 6.92 Å². The van der Waals surface area contributed by atoms with Crippen LogP contribution in [0.5, 0.6) is 11.6 Å². The van der Waals surface area contributed by atoms with Gasteiger partial charge in [-0.25, -0.2) is 4.98 Å². The lowest BCUT2D eigenvalue weighted by molar-refractivity contribution is 0.398. The fourth-order valence-electron chi connectivity index (χ4n) is 1.51. The molecule has 0 fully saturated rings. The summed E-state index contributed by atoms with van der Waals surface area (Å²) < 4.78 is 5.00. The zero-order valence-corrected chi connectivity index (χ0v) is 9.27. The maximum atomic E-state index is 9.44. The van der Waals surface area contributed by atoms with Crippen molar-refractivity contribution >= 4 is 0 Å². The maximum absolute atomic E-state index is 9.44. The summed E-state index contributed by atoms with van der Waals surface area (Å²) >= 11 is 0. The summed E-state index contributed by atoms with van der Waals surface area (Å²) in [6.07, 6.45) is 1.75. The van der Waals surface area contributed by atoms with Crippen molar-refractivity contribution in [1.82, 2.24) is 4.98 Å². The van der Waals surface area contributed by atoms with Crippen LogP contribution in [0.3, 0.4) is 0 Å². The maximum Gasteiger partial charge on any atom is 0.212 e. The van der Waals surface area contributed by atoms with E-state index in [1.165, 1.54) is 0 Å². The number of aryl methyl sites for hydroxylation is 1. The van der Waals surface area contributed by atoms with Gasteiger partial charge in [0.1, 0.15) is 5.75 Å². The smallest absolute Gasteiger partial charge is 0.212 e. The molecule has 1 N–H and O–H groups in total. The number of phenols is 1. The molecule has 0 unspecified atom stereocenters. The van der Waals surface area contributed by atoms with Gasteiger partial charge in [0.25, 0.3) is 0 Å². The summed E-state index contributed by atoms with van der Waals surface area (Å²) in [4.78, 5) is 4.14. The molecule has 0 saturated heterocycles. The molecule has 16 heavy (non-hydrogen) atoms. The summed E-state index contributed by atoms with van der Waals surface area (Å²) in [6.45, 7) is 1.87. The second-order valence-electron chi connectivity index (χ2n) is 3.59. The number of aromatic nitrogens is 1. The Hall–Kier alpha value is -2.03. The molecule has 0 aliphatic heterocycles. The van der Waals surface area contributed by atoms with Gasteiger partial charge in [-0.15, -0.1) is 0 Å². The summed E-state index contributed by atoms with van der Waals surface area (Å²) in [5.74, 6) is 0.907. The van der Waals surface area contributed by atoms with Crippen LogP contribution >= 0.6 is 0 Å². The minimum Gasteiger partial charge on any atom is -0.508 e. The van der Waals surface area contributed by atoms with Crippen LogP contribution in [0.15, 0.2) is 36.5 Å². The van der Waals surface area contributed by atoms with Gasteiger partial charge in [-0.3, -0.25) is 0 Å². The average Bonchev–Trinajstić information content (AvgIpc) is 2.33. The molecular formula is C13H13NO2. The molecule has 3 heteroatoms. The first-order valence-corrected chi connectivity index (χ1v) is 5.01. The molecule has 2 aromatic rings. The van der Waals surface area contributed by atoms with Crippen molar-refractivity contribution in [1.29, 1.82) is 0 Å². The standard InChI is InChI=1S/C13H13NO2/c1-9-7-10(3-5-12(9)15)11-4-6-13(16-2)14-8-11/h3-8,15H,1-2H3. The van der Waals surface area contributed by atoms with Crippen LogP contribution in [-0.2, 0) is 0 Å². The molecule has 0 atom stereocenters. The molecule has 0 bridgehead atoms. The summed E-state index contributed by atoms with van der Waals surface area (Å²) in [7, 11) is 1.59. The summed E-state index contributed by atoms with van der Waals surface area (Å²) in [5.41, 5.74) is 2.89. The first-order valence-electron chi connectivity index (χ1n) is 5.01. The molecule has 0 aliphatic rings. The van der Waals surface area contributed by atoms with E-state index in [9.17, 15) is 5.11 Å². The van der Waals surface area contributed by atoms with Crippen molar-refractivity contribution in [2.24, 2.45) is 0 Å². The SMILES string of the molecule is COc1ccc(-c2ccc(O)c(C)c2)cn1. The van der Waals surface area contributed by atoms with E-state index in [2.05, 4.69) is 4.98 Å². The molecule has 0 spiro atoms. The fourth-order valence-corrected chi connectivity index (χ4v) is 1.51. The number of nitrogens with zero attached hydrogens (tertiary/aromatic N) is 1. The monoisotopic (exact) mass is 215 g/mol. The third-order valence-electron chi connectivity index (χ3n) is 2.48. The summed E-state index contributed by atoms with van der Waals surface area (Å²) in [6, 6.07) is 9.24. The average molecular weight is 215 g/mol. The highest BCUT2D eigenvalue weighted by molar-refractivity contribution is 5.64. The second-order valence-corrected chi connectivity index (χ2v) is 3.59. The van der Waals surface area contributed by atoms with E-state index in [0.717, 1.165) is 16.7 Å². The number of phenolic OH excluding ortho intramolecular Hbond substituents is 1. The Morgan fingerprint density at radius 3 is 2.44 bits per heavy atom. The lowest BCUT2D eigenvalue weighted by atomic mass is 10.0. The molecular weight excluding hydrogens is 202 g/mol. The van der Waals surface area contributed by atoms with E-state index in [4.69, 9.17) is 4.74 Å². The number of ether oxygens (including phenoxy) is 1. The van der Waals surface area contributed by atoms with Gasteiger partial charge in [0.05, 0.1) is 7.11 Å². The number of rotatable bonds is 2. The fraction of sp³-hybridized carbons (Fsp3) is 0.154. The van der Waals surface area contributed by atoms with Crippen molar-refractivity contribution in [3.8, 4) is 22.8 Å². The van der Waals surface area contributed by atoms with Crippen LogP contribution in [0.25, 0.3) is 11.1 Å². The van der Waals surface area contributed by atoms with Crippen LogP contribution in [0.4, 0.5) is 0 Å². The quantitative estimate of drug-likeness (QED) is 0.837. The Balaban J connectivity index is 2.38. The number of aromatic hydroxyl groups is 1. The van der Waals surface area contributed by atoms with E-state index in [1.807, 2.05) is 31.2 Å². The molecule has 1 aromatic heterocycles. The van der Waals surface area contributed by atoms with Gasteiger partial charge < -0.3 is 9.84 Å². The van der Waals surface area contributed by atoms with Crippen LogP contribution in [0.2, 0.25) is 0 Å². The van der Waals surface area contributed by atoms with Crippen molar-refractivity contribution in [2.75, 3.05) is 7.11 Å². The first kappa shape index (κ1) is 10.5. The topological polar surface area (TPSA) is 42.4 Å². The first-order chi connectivity index (χ1) is 7.70.